The maximum Gasteiger partial charge on any atom is 0.339 e. The molecule has 0 amide bonds. The molecule has 106 valence electrons. The molecule has 2 aromatic rings. The normalized spacial score (nSPS) is 12.6. The molecule has 4 nitrogen and oxygen atoms in total. The van der Waals surface area contributed by atoms with Gasteiger partial charge in [-0.2, -0.15) is 0 Å². The van der Waals surface area contributed by atoms with Crippen LogP contribution in [0.15, 0.2) is 30.5 Å². The first-order chi connectivity index (χ1) is 9.50. The molecule has 1 aromatic heterocycles. The number of rotatable bonds is 5. The Morgan fingerprint density at radius 3 is 2.65 bits per heavy atom. The fourth-order valence-electron chi connectivity index (χ4n) is 1.99. The topological polar surface area (TPSA) is 62.2 Å². The van der Waals surface area contributed by atoms with Gasteiger partial charge in [-0.25, -0.2) is 4.79 Å². The summed E-state index contributed by atoms with van der Waals surface area (Å²) in [5.41, 5.74) is 1.69. The summed E-state index contributed by atoms with van der Waals surface area (Å²) in [6.45, 7) is 7.22. The fraction of sp³-hybridized carbons (Fsp3) is 0.375. The number of carboxylic acids is 1. The van der Waals surface area contributed by atoms with E-state index in [-0.39, 0.29) is 5.56 Å². The van der Waals surface area contributed by atoms with Crippen molar-refractivity contribution in [1.82, 2.24) is 4.98 Å². The highest BCUT2D eigenvalue weighted by atomic mass is 16.4. The number of hydrogen-bond donors (Lipinski definition) is 2. The largest absolute Gasteiger partial charge is 0.478 e. The van der Waals surface area contributed by atoms with Crippen molar-refractivity contribution in [2.24, 2.45) is 11.8 Å². The Bertz CT molecular complexity index is 623. The second-order valence-corrected chi connectivity index (χ2v) is 5.47. The maximum absolute atomic E-state index is 11.4. The SMILES string of the molecule is CC(C)C(C)CNc1c(C(=O)O)cnc2ccccc12. The summed E-state index contributed by atoms with van der Waals surface area (Å²) in [6.07, 6.45) is 1.42. The highest BCUT2D eigenvalue weighted by Gasteiger charge is 2.15. The molecule has 2 N–H and O–H groups in total. The van der Waals surface area contributed by atoms with Crippen LogP contribution in [0.1, 0.15) is 31.1 Å². The molecule has 1 heterocycles. The van der Waals surface area contributed by atoms with Gasteiger partial charge in [0.2, 0.25) is 0 Å². The molecule has 0 bridgehead atoms. The molecule has 20 heavy (non-hydrogen) atoms. The van der Waals surface area contributed by atoms with Crippen molar-refractivity contribution < 1.29 is 9.90 Å². The molecule has 2 rings (SSSR count). The van der Waals surface area contributed by atoms with Gasteiger partial charge < -0.3 is 10.4 Å². The van der Waals surface area contributed by atoms with E-state index in [2.05, 4.69) is 31.1 Å². The number of aromatic nitrogens is 1. The van der Waals surface area contributed by atoms with Crippen molar-refractivity contribution >= 4 is 22.6 Å². The van der Waals surface area contributed by atoms with Crippen LogP contribution < -0.4 is 5.32 Å². The standard InChI is InChI=1S/C16H20N2O2/c1-10(2)11(3)8-18-15-12-6-4-5-7-14(12)17-9-13(15)16(19)20/h4-7,9-11H,8H2,1-3H3,(H,17,18)(H,19,20). The Hall–Kier alpha value is -2.10. The molecule has 0 aliphatic carbocycles. The molecule has 0 aliphatic rings. The number of nitrogens with one attached hydrogen (secondary N) is 1. The van der Waals surface area contributed by atoms with Gasteiger partial charge in [0.05, 0.1) is 11.2 Å². The van der Waals surface area contributed by atoms with E-state index >= 15 is 0 Å². The van der Waals surface area contributed by atoms with E-state index in [0.717, 1.165) is 17.4 Å². The zero-order valence-corrected chi connectivity index (χ0v) is 12.1. The predicted octanol–water partition coefficient (Wildman–Crippen LogP) is 3.64. The number of fused-ring (bicyclic) bond motifs is 1. The first-order valence-electron chi connectivity index (χ1n) is 6.85. The number of carboxylic acid groups (broad SMARTS) is 1. The summed E-state index contributed by atoms with van der Waals surface area (Å²) in [6, 6.07) is 7.58. The second-order valence-electron chi connectivity index (χ2n) is 5.47. The molecular weight excluding hydrogens is 252 g/mol. The minimum absolute atomic E-state index is 0.222. The van der Waals surface area contributed by atoms with E-state index in [1.807, 2.05) is 24.3 Å². The van der Waals surface area contributed by atoms with Crippen LogP contribution in [0, 0.1) is 11.8 Å². The molecular formula is C16H20N2O2. The average Bonchev–Trinajstić information content (AvgIpc) is 2.43. The van der Waals surface area contributed by atoms with Gasteiger partial charge in [0.25, 0.3) is 0 Å². The quantitative estimate of drug-likeness (QED) is 0.872. The molecule has 0 saturated carbocycles. The number of hydrogen-bond acceptors (Lipinski definition) is 3. The number of anilines is 1. The number of nitrogens with zero attached hydrogens (tertiary/aromatic N) is 1. The molecule has 1 atom stereocenters. The van der Waals surface area contributed by atoms with Crippen LogP contribution in [0.5, 0.6) is 0 Å². The summed E-state index contributed by atoms with van der Waals surface area (Å²) in [5, 5.41) is 13.5. The van der Waals surface area contributed by atoms with Gasteiger partial charge in [-0.3, -0.25) is 4.98 Å². The van der Waals surface area contributed by atoms with Gasteiger partial charge in [0.15, 0.2) is 0 Å². The highest BCUT2D eigenvalue weighted by molar-refractivity contribution is 6.04. The van der Waals surface area contributed by atoms with Crippen molar-refractivity contribution in [3.05, 3.63) is 36.0 Å². The molecule has 0 aliphatic heterocycles. The minimum atomic E-state index is -0.956. The molecule has 0 saturated heterocycles. The molecule has 0 fully saturated rings. The minimum Gasteiger partial charge on any atom is -0.478 e. The number of para-hydroxylation sites is 1. The summed E-state index contributed by atoms with van der Waals surface area (Å²) >= 11 is 0. The van der Waals surface area contributed by atoms with Crippen molar-refractivity contribution in [1.29, 1.82) is 0 Å². The average molecular weight is 272 g/mol. The van der Waals surface area contributed by atoms with Gasteiger partial charge in [0.1, 0.15) is 5.56 Å². The van der Waals surface area contributed by atoms with Crippen LogP contribution in [-0.4, -0.2) is 22.6 Å². The van der Waals surface area contributed by atoms with E-state index in [1.165, 1.54) is 6.20 Å². The first kappa shape index (κ1) is 14.3. The van der Waals surface area contributed by atoms with Crippen LogP contribution in [0.2, 0.25) is 0 Å². The fourth-order valence-corrected chi connectivity index (χ4v) is 1.99. The predicted molar refractivity (Wildman–Crippen MR) is 81.2 cm³/mol. The van der Waals surface area contributed by atoms with Crippen LogP contribution >= 0.6 is 0 Å². The Balaban J connectivity index is 2.42. The van der Waals surface area contributed by atoms with Gasteiger partial charge in [0, 0.05) is 18.1 Å². The second kappa shape index (κ2) is 5.90. The Labute approximate surface area is 118 Å². The van der Waals surface area contributed by atoms with E-state index in [9.17, 15) is 9.90 Å². The maximum atomic E-state index is 11.4. The molecule has 1 aromatic carbocycles. The lowest BCUT2D eigenvalue weighted by Gasteiger charge is -2.19. The van der Waals surface area contributed by atoms with Crippen LogP contribution in [-0.2, 0) is 0 Å². The third kappa shape index (κ3) is 2.90. The third-order valence-electron chi connectivity index (χ3n) is 3.74. The molecule has 1 unspecified atom stereocenters. The van der Waals surface area contributed by atoms with Crippen LogP contribution in [0.4, 0.5) is 5.69 Å². The highest BCUT2D eigenvalue weighted by Crippen LogP contribution is 2.26. The van der Waals surface area contributed by atoms with E-state index in [1.54, 1.807) is 0 Å². The van der Waals surface area contributed by atoms with Crippen molar-refractivity contribution in [2.45, 2.75) is 20.8 Å². The Kier molecular flexibility index (Phi) is 4.23. The van der Waals surface area contributed by atoms with Crippen molar-refractivity contribution in [3.8, 4) is 0 Å². The Morgan fingerprint density at radius 1 is 1.30 bits per heavy atom. The van der Waals surface area contributed by atoms with E-state index < -0.39 is 5.97 Å². The summed E-state index contributed by atoms with van der Waals surface area (Å²) in [4.78, 5) is 15.6. The molecule has 4 heteroatoms. The van der Waals surface area contributed by atoms with E-state index in [4.69, 9.17) is 0 Å². The van der Waals surface area contributed by atoms with Gasteiger partial charge in [-0.05, 0) is 17.9 Å². The zero-order chi connectivity index (χ0) is 14.7. The van der Waals surface area contributed by atoms with Crippen molar-refractivity contribution in [3.63, 3.8) is 0 Å². The van der Waals surface area contributed by atoms with Crippen molar-refractivity contribution in [2.75, 3.05) is 11.9 Å². The lowest BCUT2D eigenvalue weighted by atomic mass is 9.98. The number of aromatic carboxylic acids is 1. The third-order valence-corrected chi connectivity index (χ3v) is 3.74. The van der Waals surface area contributed by atoms with Crippen LogP contribution in [0.3, 0.4) is 0 Å². The zero-order valence-electron chi connectivity index (χ0n) is 12.1. The summed E-state index contributed by atoms with van der Waals surface area (Å²) in [5.74, 6) is 0.0513. The first-order valence-corrected chi connectivity index (χ1v) is 6.85. The number of carbonyl (C=O) groups is 1. The lowest BCUT2D eigenvalue weighted by Crippen LogP contribution is -2.18. The summed E-state index contributed by atoms with van der Waals surface area (Å²) < 4.78 is 0. The Morgan fingerprint density at radius 2 is 2.00 bits per heavy atom. The van der Waals surface area contributed by atoms with Gasteiger partial charge in [-0.15, -0.1) is 0 Å². The van der Waals surface area contributed by atoms with Gasteiger partial charge in [-0.1, -0.05) is 39.0 Å². The lowest BCUT2D eigenvalue weighted by molar-refractivity contribution is 0.0697. The van der Waals surface area contributed by atoms with Gasteiger partial charge >= 0.3 is 5.97 Å². The van der Waals surface area contributed by atoms with E-state index in [0.29, 0.717) is 17.5 Å². The summed E-state index contributed by atoms with van der Waals surface area (Å²) in [7, 11) is 0. The smallest absolute Gasteiger partial charge is 0.339 e. The number of benzene rings is 1. The van der Waals surface area contributed by atoms with Crippen LogP contribution in [0.25, 0.3) is 10.9 Å². The molecule has 0 spiro atoms. The molecule has 0 radical (unpaired) electrons. The monoisotopic (exact) mass is 272 g/mol. The number of pyridine rings is 1.